The fourth-order valence-corrected chi connectivity index (χ4v) is 6.74. The number of nitrogens with one attached hydrogen (secondary N) is 1. The molecule has 4 aliphatic rings. The lowest BCUT2D eigenvalue weighted by Crippen LogP contribution is -2.53. The summed E-state index contributed by atoms with van der Waals surface area (Å²) in [6.07, 6.45) is 2.39. The molecule has 1 saturated heterocycles. The van der Waals surface area contributed by atoms with Crippen molar-refractivity contribution in [2.24, 2.45) is 4.99 Å². The Balaban J connectivity index is 1.10. The van der Waals surface area contributed by atoms with Gasteiger partial charge in [-0.1, -0.05) is 54.6 Å². The summed E-state index contributed by atoms with van der Waals surface area (Å²) in [6.45, 7) is 2.93. The van der Waals surface area contributed by atoms with E-state index in [4.69, 9.17) is 9.98 Å². The number of H-pyrrole nitrogens is 1. The van der Waals surface area contributed by atoms with Crippen molar-refractivity contribution in [2.75, 3.05) is 36.0 Å². The quantitative estimate of drug-likeness (QED) is 0.379. The number of hydrogen-bond donors (Lipinski definition) is 1. The first-order chi connectivity index (χ1) is 20.6. The second-order valence-electron chi connectivity index (χ2n) is 11.2. The van der Waals surface area contributed by atoms with Gasteiger partial charge in [-0.05, 0) is 47.7 Å². The van der Waals surface area contributed by atoms with Gasteiger partial charge < -0.3 is 9.88 Å². The van der Waals surface area contributed by atoms with Gasteiger partial charge in [0.1, 0.15) is 0 Å². The second-order valence-corrected chi connectivity index (χ2v) is 11.2. The van der Waals surface area contributed by atoms with Gasteiger partial charge in [-0.3, -0.25) is 34.1 Å². The summed E-state index contributed by atoms with van der Waals surface area (Å²) in [4.78, 5) is 60.6. The van der Waals surface area contributed by atoms with Gasteiger partial charge >= 0.3 is 0 Å². The van der Waals surface area contributed by atoms with Gasteiger partial charge in [0.25, 0.3) is 17.7 Å². The van der Waals surface area contributed by atoms with Gasteiger partial charge in [-0.25, -0.2) is 0 Å². The number of nitrogens with zero attached hydrogens (tertiary/aromatic N) is 6. The molecule has 3 amide bonds. The van der Waals surface area contributed by atoms with Crippen LogP contribution < -0.4 is 9.80 Å². The molecule has 0 saturated carbocycles. The molecule has 8 rings (SSSR count). The third-order valence-corrected chi connectivity index (χ3v) is 8.76. The fraction of sp³-hybridized carbons (Fsp3) is 0.281. The average Bonchev–Trinajstić information content (AvgIpc) is 3.59. The number of benzene rings is 3. The third kappa shape index (κ3) is 3.74. The van der Waals surface area contributed by atoms with Gasteiger partial charge in [-0.2, -0.15) is 4.98 Å². The Morgan fingerprint density at radius 3 is 2.43 bits per heavy atom. The summed E-state index contributed by atoms with van der Waals surface area (Å²) in [5.41, 5.74) is 2.41. The van der Waals surface area contributed by atoms with Gasteiger partial charge in [0.2, 0.25) is 11.9 Å². The zero-order chi connectivity index (χ0) is 28.4. The van der Waals surface area contributed by atoms with Crippen LogP contribution in [-0.4, -0.2) is 75.7 Å². The van der Waals surface area contributed by atoms with Crippen LogP contribution in [0.3, 0.4) is 0 Å². The fourth-order valence-electron chi connectivity index (χ4n) is 6.74. The molecule has 0 unspecified atom stereocenters. The topological polar surface area (TPSA) is 105 Å². The maximum Gasteiger partial charge on any atom is 0.281 e. The van der Waals surface area contributed by atoms with E-state index in [0.29, 0.717) is 67.3 Å². The van der Waals surface area contributed by atoms with Crippen LogP contribution in [0.2, 0.25) is 0 Å². The zero-order valence-electron chi connectivity index (χ0n) is 23.0. The number of fused-ring (bicyclic) bond motifs is 5. The minimum Gasteiger partial charge on any atom is -0.340 e. The van der Waals surface area contributed by atoms with E-state index in [2.05, 4.69) is 34.1 Å². The molecule has 42 heavy (non-hydrogen) atoms. The molecule has 5 heterocycles. The smallest absolute Gasteiger partial charge is 0.281 e. The number of carbonyl (C=O) groups is 3. The molecular formula is C32H29N7O3. The van der Waals surface area contributed by atoms with E-state index >= 15 is 0 Å². The largest absolute Gasteiger partial charge is 0.340 e. The molecule has 0 bridgehead atoms. The number of aromatic nitrogens is 2. The van der Waals surface area contributed by atoms with Gasteiger partial charge in [-0.15, -0.1) is 0 Å². The summed E-state index contributed by atoms with van der Waals surface area (Å²) in [5, 5.41) is 2.24. The van der Waals surface area contributed by atoms with E-state index in [-0.39, 0.29) is 23.8 Å². The Bertz CT molecular complexity index is 1770. The summed E-state index contributed by atoms with van der Waals surface area (Å²) in [7, 11) is 0. The van der Waals surface area contributed by atoms with Gasteiger partial charge in [0.05, 0.1) is 23.7 Å². The molecule has 4 aliphatic heterocycles. The number of amides is 3. The standard InChI is InChI=1S/C32H29N7O3/c40-28-24-13-3-4-14-25(24)29(41)39(28)22-11-6-16-36(19-22)31-34-26-27(35-31)37-17-7-15-33-32(37)38(30(26)42)18-21-10-5-9-20-8-1-2-12-23(20)21/h1-5,8-10,12-14,22H,6-7,11,15-19H2,(H,34,35)/t22-/m1/s1. The van der Waals surface area contributed by atoms with Crippen LogP contribution in [0.15, 0.2) is 71.7 Å². The number of piperidine rings is 1. The molecule has 0 aliphatic carbocycles. The maximum atomic E-state index is 14.0. The van der Waals surface area contributed by atoms with Crippen molar-refractivity contribution < 1.29 is 14.4 Å². The van der Waals surface area contributed by atoms with Crippen LogP contribution in [0.4, 0.5) is 11.8 Å². The Morgan fingerprint density at radius 2 is 1.60 bits per heavy atom. The highest BCUT2D eigenvalue weighted by Gasteiger charge is 2.43. The van der Waals surface area contributed by atoms with Crippen molar-refractivity contribution in [3.63, 3.8) is 0 Å². The molecule has 10 heteroatoms. The summed E-state index contributed by atoms with van der Waals surface area (Å²) < 4.78 is 0. The number of aliphatic imine (C=N–C) groups is 1. The Morgan fingerprint density at radius 1 is 0.833 bits per heavy atom. The predicted octanol–water partition coefficient (Wildman–Crippen LogP) is 4.05. The van der Waals surface area contributed by atoms with E-state index in [1.54, 1.807) is 29.2 Å². The molecule has 1 fully saturated rings. The van der Waals surface area contributed by atoms with Crippen LogP contribution in [0.5, 0.6) is 0 Å². The van der Waals surface area contributed by atoms with Crippen molar-refractivity contribution in [3.8, 4) is 0 Å². The highest BCUT2D eigenvalue weighted by Crippen LogP contribution is 2.34. The highest BCUT2D eigenvalue weighted by atomic mass is 16.2. The van der Waals surface area contributed by atoms with E-state index in [1.165, 1.54) is 4.90 Å². The zero-order valence-corrected chi connectivity index (χ0v) is 23.0. The molecule has 0 radical (unpaired) electrons. The lowest BCUT2D eigenvalue weighted by atomic mass is 10.0. The molecule has 1 N–H and O–H groups in total. The molecule has 210 valence electrons. The number of rotatable bonds is 4. The van der Waals surface area contributed by atoms with Crippen LogP contribution in [0, 0.1) is 0 Å². The third-order valence-electron chi connectivity index (χ3n) is 8.76. The summed E-state index contributed by atoms with van der Waals surface area (Å²) >= 11 is 0. The maximum absolute atomic E-state index is 14.0. The molecule has 10 nitrogen and oxygen atoms in total. The first-order valence-electron chi connectivity index (χ1n) is 14.5. The minimum absolute atomic E-state index is 0.164. The predicted molar refractivity (Wildman–Crippen MR) is 159 cm³/mol. The first-order valence-corrected chi connectivity index (χ1v) is 14.5. The average molecular weight is 560 g/mol. The summed E-state index contributed by atoms with van der Waals surface area (Å²) in [6, 6.07) is 21.1. The lowest BCUT2D eigenvalue weighted by molar-refractivity contribution is 0.0569. The molecule has 3 aromatic carbocycles. The SMILES string of the molecule is O=C1c2[nH]c(N3CCC[C@@H](N4C(=O)c5ccccc5C4=O)C3)nc2N2CCCN=C2N1Cc1cccc2ccccc12. The Hall–Kier alpha value is -4.99. The first kappa shape index (κ1) is 24.8. The van der Waals surface area contributed by atoms with Crippen LogP contribution in [0.1, 0.15) is 56.0 Å². The van der Waals surface area contributed by atoms with Gasteiger partial charge in [0, 0.05) is 26.2 Å². The van der Waals surface area contributed by atoms with Crippen molar-refractivity contribution in [2.45, 2.75) is 31.8 Å². The monoisotopic (exact) mass is 559 g/mol. The van der Waals surface area contributed by atoms with Crippen LogP contribution in [0.25, 0.3) is 10.8 Å². The highest BCUT2D eigenvalue weighted by molar-refractivity contribution is 6.21. The molecule has 1 atom stereocenters. The molecular weight excluding hydrogens is 530 g/mol. The van der Waals surface area contributed by atoms with Crippen LogP contribution >= 0.6 is 0 Å². The molecule has 4 aromatic rings. The Labute approximate surface area is 242 Å². The van der Waals surface area contributed by atoms with E-state index in [9.17, 15) is 14.4 Å². The lowest BCUT2D eigenvalue weighted by Gasteiger charge is -2.38. The van der Waals surface area contributed by atoms with Crippen molar-refractivity contribution in [1.82, 2.24) is 19.8 Å². The molecule has 1 aromatic heterocycles. The number of aromatic amines is 1. The number of imidazole rings is 1. The van der Waals surface area contributed by atoms with Crippen LogP contribution in [-0.2, 0) is 6.54 Å². The number of guanidine groups is 1. The second kappa shape index (κ2) is 9.54. The number of carbonyl (C=O) groups excluding carboxylic acids is 3. The van der Waals surface area contributed by atoms with Gasteiger partial charge in [0.15, 0.2) is 11.5 Å². The summed E-state index contributed by atoms with van der Waals surface area (Å²) in [5.74, 6) is 1.15. The van der Waals surface area contributed by atoms with Crippen molar-refractivity contribution >= 4 is 46.2 Å². The minimum atomic E-state index is -0.279. The Kier molecular flexibility index (Phi) is 5.63. The number of hydrogen-bond acceptors (Lipinski definition) is 7. The molecule has 0 spiro atoms. The van der Waals surface area contributed by atoms with Crippen molar-refractivity contribution in [3.05, 3.63) is 89.1 Å². The van der Waals surface area contributed by atoms with E-state index in [0.717, 1.165) is 35.6 Å². The van der Waals surface area contributed by atoms with E-state index < -0.39 is 0 Å². The number of anilines is 2. The normalized spacial score (nSPS) is 20.1. The van der Waals surface area contributed by atoms with Crippen molar-refractivity contribution in [1.29, 1.82) is 0 Å². The number of imide groups is 1. The van der Waals surface area contributed by atoms with E-state index in [1.807, 2.05) is 23.1 Å².